The van der Waals surface area contributed by atoms with Crippen molar-refractivity contribution in [2.75, 3.05) is 20.8 Å². The van der Waals surface area contributed by atoms with Crippen LogP contribution in [-0.4, -0.2) is 26.8 Å². The number of hydrogen-bond acceptors (Lipinski definition) is 3. The van der Waals surface area contributed by atoms with E-state index in [-0.39, 0.29) is 0 Å². The molecule has 3 heteroatoms. The van der Waals surface area contributed by atoms with E-state index in [1.165, 1.54) is 55.2 Å². The summed E-state index contributed by atoms with van der Waals surface area (Å²) in [5, 5.41) is 3.66. The molecule has 3 atom stereocenters. The number of fused-ring (bicyclic) bond motifs is 5. The van der Waals surface area contributed by atoms with Crippen LogP contribution in [0.3, 0.4) is 0 Å². The normalized spacial score (nSPS) is 29.5. The zero-order valence-electron chi connectivity index (χ0n) is 13.8. The van der Waals surface area contributed by atoms with Gasteiger partial charge in [-0.05, 0) is 68.5 Å². The predicted octanol–water partition coefficient (Wildman–Crippen LogP) is 3.75. The zero-order valence-corrected chi connectivity index (χ0v) is 13.8. The van der Waals surface area contributed by atoms with Crippen LogP contribution in [0.2, 0.25) is 0 Å². The van der Waals surface area contributed by atoms with Gasteiger partial charge in [0, 0.05) is 17.2 Å². The van der Waals surface area contributed by atoms with Gasteiger partial charge in [0.2, 0.25) is 0 Å². The summed E-state index contributed by atoms with van der Waals surface area (Å²) in [4.78, 5) is 0. The summed E-state index contributed by atoms with van der Waals surface area (Å²) in [7, 11) is 3.66. The molecule has 3 unspecified atom stereocenters. The molecule has 1 heterocycles. The van der Waals surface area contributed by atoms with Crippen LogP contribution in [0.4, 0.5) is 0 Å². The van der Waals surface area contributed by atoms with E-state index in [0.29, 0.717) is 17.9 Å². The number of nitrogens with one attached hydrogen (secondary N) is 1. The van der Waals surface area contributed by atoms with Crippen molar-refractivity contribution in [1.82, 2.24) is 5.32 Å². The molecule has 120 valence electrons. The third-order valence-corrected chi connectivity index (χ3v) is 5.95. The van der Waals surface area contributed by atoms with Crippen molar-refractivity contribution in [2.24, 2.45) is 0 Å². The van der Waals surface area contributed by atoms with Crippen molar-refractivity contribution in [3.05, 3.63) is 22.8 Å². The Morgan fingerprint density at radius 1 is 1.05 bits per heavy atom. The maximum atomic E-state index is 5.90. The Morgan fingerprint density at radius 3 is 2.55 bits per heavy atom. The fraction of sp³-hybridized carbons (Fsp3) is 0.684. The first-order chi connectivity index (χ1) is 10.8. The van der Waals surface area contributed by atoms with Gasteiger partial charge in [-0.25, -0.2) is 0 Å². The van der Waals surface area contributed by atoms with E-state index in [2.05, 4.69) is 11.4 Å². The lowest BCUT2D eigenvalue weighted by molar-refractivity contribution is 0.370. The molecule has 1 N–H and O–H groups in total. The Balaban J connectivity index is 1.73. The van der Waals surface area contributed by atoms with Crippen LogP contribution in [0.15, 0.2) is 6.07 Å². The van der Waals surface area contributed by atoms with E-state index < -0.39 is 0 Å². The summed E-state index contributed by atoms with van der Waals surface area (Å²) in [6.45, 7) is 1.15. The summed E-state index contributed by atoms with van der Waals surface area (Å²) < 4.78 is 11.7. The molecule has 1 aliphatic heterocycles. The molecule has 2 bridgehead atoms. The van der Waals surface area contributed by atoms with E-state index in [1.54, 1.807) is 0 Å². The first kappa shape index (κ1) is 14.4. The number of rotatable bonds is 4. The number of piperidine rings is 1. The van der Waals surface area contributed by atoms with Crippen LogP contribution in [0.5, 0.6) is 11.5 Å². The molecular formula is C19H27NO2. The molecule has 1 saturated carbocycles. The summed E-state index contributed by atoms with van der Waals surface area (Å²) in [5.74, 6) is 3.66. The van der Waals surface area contributed by atoms with Crippen LogP contribution in [-0.2, 0) is 6.42 Å². The van der Waals surface area contributed by atoms with Crippen LogP contribution >= 0.6 is 0 Å². The molecule has 3 aliphatic rings. The molecule has 3 nitrogen and oxygen atoms in total. The average molecular weight is 301 g/mol. The monoisotopic (exact) mass is 301 g/mol. The van der Waals surface area contributed by atoms with Gasteiger partial charge in [0.25, 0.3) is 0 Å². The molecule has 1 aromatic rings. The van der Waals surface area contributed by atoms with Gasteiger partial charge in [0.05, 0.1) is 14.2 Å². The van der Waals surface area contributed by atoms with Crippen LogP contribution in [0, 0.1) is 0 Å². The third-order valence-electron chi connectivity index (χ3n) is 5.95. The lowest BCUT2D eigenvalue weighted by Gasteiger charge is -2.27. The largest absolute Gasteiger partial charge is 0.496 e. The summed E-state index contributed by atoms with van der Waals surface area (Å²) in [6.07, 6.45) is 8.92. The maximum absolute atomic E-state index is 5.90. The second-order valence-corrected chi connectivity index (χ2v) is 7.16. The Labute approximate surface area is 133 Å². The van der Waals surface area contributed by atoms with Crippen LogP contribution < -0.4 is 14.8 Å². The van der Waals surface area contributed by atoms with Crippen LogP contribution in [0.1, 0.15) is 67.1 Å². The van der Waals surface area contributed by atoms with E-state index in [4.69, 9.17) is 9.47 Å². The van der Waals surface area contributed by atoms with E-state index >= 15 is 0 Å². The van der Waals surface area contributed by atoms with Gasteiger partial charge in [-0.3, -0.25) is 0 Å². The zero-order chi connectivity index (χ0) is 15.1. The van der Waals surface area contributed by atoms with Crippen LogP contribution in [0.25, 0.3) is 0 Å². The van der Waals surface area contributed by atoms with E-state index in [0.717, 1.165) is 24.5 Å². The lowest BCUT2D eigenvalue weighted by Crippen LogP contribution is -2.35. The molecule has 22 heavy (non-hydrogen) atoms. The molecule has 2 aliphatic carbocycles. The first-order valence-corrected chi connectivity index (χ1v) is 8.82. The summed E-state index contributed by atoms with van der Waals surface area (Å²) in [5.41, 5.74) is 4.27. The van der Waals surface area contributed by atoms with Crippen molar-refractivity contribution >= 4 is 0 Å². The first-order valence-electron chi connectivity index (χ1n) is 8.82. The fourth-order valence-corrected chi connectivity index (χ4v) is 4.99. The molecular weight excluding hydrogens is 274 g/mol. The number of benzene rings is 1. The minimum Gasteiger partial charge on any atom is -0.496 e. The number of ether oxygens (including phenoxy) is 2. The summed E-state index contributed by atoms with van der Waals surface area (Å²) in [6, 6.07) is 2.85. The summed E-state index contributed by atoms with van der Waals surface area (Å²) >= 11 is 0. The van der Waals surface area contributed by atoms with Gasteiger partial charge >= 0.3 is 0 Å². The van der Waals surface area contributed by atoms with E-state index in [9.17, 15) is 0 Å². The fourth-order valence-electron chi connectivity index (χ4n) is 4.99. The molecule has 0 amide bonds. The van der Waals surface area contributed by atoms with Gasteiger partial charge in [-0.2, -0.15) is 0 Å². The predicted molar refractivity (Wildman–Crippen MR) is 88.2 cm³/mol. The smallest absolute Gasteiger partial charge is 0.126 e. The Bertz CT molecular complexity index is 563. The van der Waals surface area contributed by atoms with Crippen molar-refractivity contribution in [3.63, 3.8) is 0 Å². The van der Waals surface area contributed by atoms with Gasteiger partial charge < -0.3 is 14.8 Å². The molecule has 0 aromatic heterocycles. The highest BCUT2D eigenvalue weighted by molar-refractivity contribution is 5.60. The second kappa shape index (κ2) is 5.77. The topological polar surface area (TPSA) is 30.5 Å². The second-order valence-electron chi connectivity index (χ2n) is 7.16. The average Bonchev–Trinajstić information content (AvgIpc) is 3.17. The van der Waals surface area contributed by atoms with Crippen molar-refractivity contribution in [1.29, 1.82) is 0 Å². The highest BCUT2D eigenvalue weighted by Gasteiger charge is 2.42. The van der Waals surface area contributed by atoms with Crippen molar-refractivity contribution in [2.45, 2.75) is 62.8 Å². The van der Waals surface area contributed by atoms with Gasteiger partial charge in [0.15, 0.2) is 0 Å². The highest BCUT2D eigenvalue weighted by Crippen LogP contribution is 2.59. The molecule has 4 rings (SSSR count). The molecule has 2 fully saturated rings. The minimum atomic E-state index is 0.587. The third kappa shape index (κ3) is 2.21. The standard InChI is InChI=1S/C19H27NO2/c1-21-16-11-14(10-15-5-3-4-8-20-15)19(22-2)18-13-7-6-12(9-13)17(16)18/h11-13,15,20H,3-10H2,1-2H3. The van der Waals surface area contributed by atoms with Gasteiger partial charge in [-0.15, -0.1) is 0 Å². The molecule has 0 radical (unpaired) electrons. The quantitative estimate of drug-likeness (QED) is 0.918. The molecule has 1 saturated heterocycles. The molecule has 1 aromatic carbocycles. The number of methoxy groups -OCH3 is 2. The van der Waals surface area contributed by atoms with Gasteiger partial charge in [0.1, 0.15) is 11.5 Å². The van der Waals surface area contributed by atoms with E-state index in [1.807, 2.05) is 14.2 Å². The minimum absolute atomic E-state index is 0.587. The van der Waals surface area contributed by atoms with Crippen molar-refractivity contribution in [3.8, 4) is 11.5 Å². The SMILES string of the molecule is COc1cc(CC2CCCCN2)c(OC)c2c1C1CCC2C1. The maximum Gasteiger partial charge on any atom is 0.126 e. The Hall–Kier alpha value is -1.22. The highest BCUT2D eigenvalue weighted by atomic mass is 16.5. The number of hydrogen-bond donors (Lipinski definition) is 1. The lowest BCUT2D eigenvalue weighted by atomic mass is 9.86. The van der Waals surface area contributed by atoms with Crippen molar-refractivity contribution < 1.29 is 9.47 Å². The van der Waals surface area contributed by atoms with Gasteiger partial charge in [-0.1, -0.05) is 6.42 Å². The Kier molecular flexibility index (Phi) is 3.77. The Morgan fingerprint density at radius 2 is 1.86 bits per heavy atom. The molecule has 0 spiro atoms.